The predicted octanol–water partition coefficient (Wildman–Crippen LogP) is 1.06. The summed E-state index contributed by atoms with van der Waals surface area (Å²) in [7, 11) is 0. The molecule has 16 heavy (non-hydrogen) atoms. The minimum Gasteiger partial charge on any atom is -0.480 e. The Balaban J connectivity index is 2.47. The van der Waals surface area contributed by atoms with Crippen LogP contribution < -0.4 is 15.2 Å². The van der Waals surface area contributed by atoms with Gasteiger partial charge in [-0.25, -0.2) is 0 Å². The number of ether oxygens (including phenoxy) is 2. The summed E-state index contributed by atoms with van der Waals surface area (Å²) in [6.45, 7) is 2.11. The van der Waals surface area contributed by atoms with E-state index in [1.807, 2.05) is 6.92 Å². The lowest BCUT2D eigenvalue weighted by Crippen LogP contribution is -2.22. The average Bonchev–Trinajstić information content (AvgIpc) is 2.72. The molecule has 3 N–H and O–H groups in total. The minimum atomic E-state index is -1.05. The molecule has 1 aliphatic heterocycles. The summed E-state index contributed by atoms with van der Waals surface area (Å²) >= 11 is 0. The summed E-state index contributed by atoms with van der Waals surface area (Å²) in [5.74, 6) is 0.163. The van der Waals surface area contributed by atoms with E-state index in [9.17, 15) is 4.79 Å². The van der Waals surface area contributed by atoms with E-state index >= 15 is 0 Å². The molecular weight excluding hydrogens is 210 g/mol. The molecule has 5 heteroatoms. The SMILES string of the molecule is CCc1cc2c(cc1C(N)C(=O)O)OCO2. The number of rotatable bonds is 3. The van der Waals surface area contributed by atoms with Crippen LogP contribution in [0.1, 0.15) is 24.1 Å². The molecule has 5 nitrogen and oxygen atoms in total. The first-order valence-electron chi connectivity index (χ1n) is 5.04. The molecule has 86 valence electrons. The molecule has 0 aromatic heterocycles. The van der Waals surface area contributed by atoms with Crippen LogP contribution in [0.3, 0.4) is 0 Å². The van der Waals surface area contributed by atoms with Gasteiger partial charge in [0.25, 0.3) is 0 Å². The smallest absolute Gasteiger partial charge is 0.325 e. The Hall–Kier alpha value is -1.75. The Kier molecular flexibility index (Phi) is 2.70. The van der Waals surface area contributed by atoms with Gasteiger partial charge in [-0.3, -0.25) is 4.79 Å². The first-order valence-corrected chi connectivity index (χ1v) is 5.04. The Morgan fingerprint density at radius 3 is 2.69 bits per heavy atom. The Morgan fingerprint density at radius 2 is 2.12 bits per heavy atom. The number of aryl methyl sites for hydroxylation is 1. The fourth-order valence-corrected chi connectivity index (χ4v) is 1.73. The molecule has 0 fully saturated rings. The summed E-state index contributed by atoms with van der Waals surface area (Å²) in [4.78, 5) is 10.9. The molecule has 0 aliphatic carbocycles. The van der Waals surface area contributed by atoms with Gasteiger partial charge in [0.1, 0.15) is 6.04 Å². The van der Waals surface area contributed by atoms with Crippen LogP contribution in [-0.4, -0.2) is 17.9 Å². The van der Waals surface area contributed by atoms with Crippen LogP contribution in [0.25, 0.3) is 0 Å². The molecule has 0 amide bonds. The largest absolute Gasteiger partial charge is 0.480 e. The molecular formula is C11H13NO4. The number of hydrogen-bond acceptors (Lipinski definition) is 4. The van der Waals surface area contributed by atoms with Crippen LogP contribution in [0.4, 0.5) is 0 Å². The van der Waals surface area contributed by atoms with E-state index < -0.39 is 12.0 Å². The molecule has 0 bridgehead atoms. The van der Waals surface area contributed by atoms with E-state index in [1.165, 1.54) is 0 Å². The second-order valence-corrected chi connectivity index (χ2v) is 3.57. The number of nitrogens with two attached hydrogens (primary N) is 1. The molecule has 1 heterocycles. The van der Waals surface area contributed by atoms with Crippen molar-refractivity contribution in [3.05, 3.63) is 23.3 Å². The fraction of sp³-hybridized carbons (Fsp3) is 0.364. The minimum absolute atomic E-state index is 0.171. The Bertz CT molecular complexity index is 430. The summed E-state index contributed by atoms with van der Waals surface area (Å²) < 4.78 is 10.4. The van der Waals surface area contributed by atoms with Gasteiger partial charge in [0.15, 0.2) is 11.5 Å². The van der Waals surface area contributed by atoms with Crippen molar-refractivity contribution in [3.63, 3.8) is 0 Å². The molecule has 2 rings (SSSR count). The third-order valence-electron chi connectivity index (χ3n) is 2.62. The predicted molar refractivity (Wildman–Crippen MR) is 56.5 cm³/mol. The maximum absolute atomic E-state index is 10.9. The van der Waals surface area contributed by atoms with E-state index in [0.29, 0.717) is 23.5 Å². The lowest BCUT2D eigenvalue weighted by molar-refractivity contribution is -0.138. The zero-order valence-corrected chi connectivity index (χ0v) is 8.90. The van der Waals surface area contributed by atoms with Crippen LogP contribution in [0, 0.1) is 0 Å². The van der Waals surface area contributed by atoms with Gasteiger partial charge in [0.05, 0.1) is 0 Å². The van der Waals surface area contributed by atoms with Crippen molar-refractivity contribution in [1.82, 2.24) is 0 Å². The first-order chi connectivity index (χ1) is 7.63. The fourth-order valence-electron chi connectivity index (χ4n) is 1.73. The van der Waals surface area contributed by atoms with Gasteiger partial charge >= 0.3 is 5.97 Å². The second-order valence-electron chi connectivity index (χ2n) is 3.57. The molecule has 0 saturated heterocycles. The molecule has 0 saturated carbocycles. The van der Waals surface area contributed by atoms with Gasteiger partial charge in [0, 0.05) is 0 Å². The summed E-state index contributed by atoms with van der Waals surface area (Å²) in [6.07, 6.45) is 0.701. The standard InChI is InChI=1S/C11H13NO4/c1-2-6-3-8-9(16-5-15-8)4-7(6)10(12)11(13)14/h3-4,10H,2,5,12H2,1H3,(H,13,14). The van der Waals surface area contributed by atoms with E-state index in [0.717, 1.165) is 5.56 Å². The average molecular weight is 223 g/mol. The summed E-state index contributed by atoms with van der Waals surface area (Å²) in [6, 6.07) is 2.42. The van der Waals surface area contributed by atoms with Crippen LogP contribution in [0.15, 0.2) is 12.1 Å². The van der Waals surface area contributed by atoms with Crippen molar-refractivity contribution in [2.24, 2.45) is 5.73 Å². The molecule has 0 radical (unpaired) electrons. The number of benzene rings is 1. The second kappa shape index (κ2) is 4.02. The summed E-state index contributed by atoms with van der Waals surface area (Å²) in [5, 5.41) is 8.91. The monoisotopic (exact) mass is 223 g/mol. The van der Waals surface area contributed by atoms with Crippen molar-refractivity contribution in [3.8, 4) is 11.5 Å². The first kappa shape index (κ1) is 10.8. The molecule has 1 aromatic rings. The van der Waals surface area contributed by atoms with Crippen molar-refractivity contribution < 1.29 is 19.4 Å². The number of carboxylic acid groups (broad SMARTS) is 1. The Morgan fingerprint density at radius 1 is 1.50 bits per heavy atom. The third-order valence-corrected chi connectivity index (χ3v) is 2.62. The van der Waals surface area contributed by atoms with Gasteiger partial charge in [-0.05, 0) is 29.7 Å². The zero-order chi connectivity index (χ0) is 11.7. The maximum atomic E-state index is 10.9. The number of carbonyl (C=O) groups is 1. The van der Waals surface area contributed by atoms with Crippen molar-refractivity contribution >= 4 is 5.97 Å². The highest BCUT2D eigenvalue weighted by Crippen LogP contribution is 2.36. The summed E-state index contributed by atoms with van der Waals surface area (Å²) in [5.41, 5.74) is 7.07. The van der Waals surface area contributed by atoms with E-state index in [2.05, 4.69) is 0 Å². The lowest BCUT2D eigenvalue weighted by Gasteiger charge is -2.12. The van der Waals surface area contributed by atoms with Gasteiger partial charge in [-0.1, -0.05) is 6.92 Å². The highest BCUT2D eigenvalue weighted by molar-refractivity contribution is 5.76. The molecule has 0 spiro atoms. The van der Waals surface area contributed by atoms with E-state index in [1.54, 1.807) is 12.1 Å². The molecule has 1 unspecified atom stereocenters. The number of fused-ring (bicyclic) bond motifs is 1. The van der Waals surface area contributed by atoms with Crippen LogP contribution in [0.5, 0.6) is 11.5 Å². The van der Waals surface area contributed by atoms with Crippen LogP contribution in [0.2, 0.25) is 0 Å². The van der Waals surface area contributed by atoms with Gasteiger partial charge in [-0.15, -0.1) is 0 Å². The normalized spacial score (nSPS) is 14.9. The number of hydrogen-bond donors (Lipinski definition) is 2. The van der Waals surface area contributed by atoms with Crippen molar-refractivity contribution in [2.45, 2.75) is 19.4 Å². The quantitative estimate of drug-likeness (QED) is 0.800. The van der Waals surface area contributed by atoms with Crippen LogP contribution in [-0.2, 0) is 11.2 Å². The van der Waals surface area contributed by atoms with Gasteiger partial charge < -0.3 is 20.3 Å². The third kappa shape index (κ3) is 1.69. The van der Waals surface area contributed by atoms with Crippen molar-refractivity contribution in [1.29, 1.82) is 0 Å². The van der Waals surface area contributed by atoms with E-state index in [-0.39, 0.29) is 6.79 Å². The van der Waals surface area contributed by atoms with E-state index in [4.69, 9.17) is 20.3 Å². The topological polar surface area (TPSA) is 81.8 Å². The van der Waals surface area contributed by atoms with Crippen LogP contribution >= 0.6 is 0 Å². The number of carboxylic acids is 1. The van der Waals surface area contributed by atoms with Crippen molar-refractivity contribution in [2.75, 3.05) is 6.79 Å². The highest BCUT2D eigenvalue weighted by Gasteiger charge is 2.22. The molecule has 1 atom stereocenters. The molecule has 1 aliphatic rings. The Labute approximate surface area is 92.8 Å². The highest BCUT2D eigenvalue weighted by atomic mass is 16.7. The zero-order valence-electron chi connectivity index (χ0n) is 8.90. The number of aliphatic carboxylic acids is 1. The maximum Gasteiger partial charge on any atom is 0.325 e. The van der Waals surface area contributed by atoms with Gasteiger partial charge in [0.2, 0.25) is 6.79 Å². The molecule has 1 aromatic carbocycles. The van der Waals surface area contributed by atoms with Gasteiger partial charge in [-0.2, -0.15) is 0 Å². The lowest BCUT2D eigenvalue weighted by atomic mass is 9.98.